The lowest BCUT2D eigenvalue weighted by Crippen LogP contribution is -2.10. The van der Waals surface area contributed by atoms with Gasteiger partial charge in [-0.1, -0.05) is 139 Å². The summed E-state index contributed by atoms with van der Waals surface area (Å²) in [5.41, 5.74) is 4.97. The molecule has 0 aliphatic heterocycles. The largest absolute Gasteiger partial charge is 0.455 e. The van der Waals surface area contributed by atoms with Crippen molar-refractivity contribution in [3.05, 3.63) is 218 Å². The van der Waals surface area contributed by atoms with E-state index >= 15 is 0 Å². The second-order valence-electron chi connectivity index (χ2n) is 14.7. The maximum absolute atomic E-state index is 10.1. The van der Waals surface area contributed by atoms with Gasteiger partial charge in [-0.25, -0.2) is 0 Å². The van der Waals surface area contributed by atoms with E-state index in [9.17, 15) is 11.0 Å². The normalized spacial score (nSPS) is 13.6. The van der Waals surface area contributed by atoms with Gasteiger partial charge in [-0.05, 0) is 117 Å². The Morgan fingerprint density at radius 2 is 1.15 bits per heavy atom. The van der Waals surface area contributed by atoms with E-state index < -0.39 is 24.2 Å². The van der Waals surface area contributed by atoms with Crippen LogP contribution in [0, 0.1) is 0 Å². The van der Waals surface area contributed by atoms with Crippen molar-refractivity contribution >= 4 is 82.4 Å². The molecule has 0 amide bonds. The number of hydrogen-bond acceptors (Lipinski definition) is 2. The lowest BCUT2D eigenvalue weighted by atomic mass is 9.99. The zero-order valence-corrected chi connectivity index (χ0v) is 31.5. The van der Waals surface area contributed by atoms with Crippen LogP contribution in [0.25, 0.3) is 93.2 Å². The topological polar surface area (TPSA) is 21.3 Å². The first-order valence-corrected chi connectivity index (χ1v) is 19.5. The predicted molar refractivity (Wildman–Crippen MR) is 249 cm³/mol. The highest BCUT2D eigenvalue weighted by Gasteiger charge is 2.21. The van der Waals surface area contributed by atoms with E-state index in [-0.39, 0.29) is 46.7 Å². The summed E-state index contributed by atoms with van der Waals surface area (Å²) in [4.78, 5) is 1.42. The summed E-state index contributed by atoms with van der Waals surface area (Å²) in [5.74, 6) is 0. The minimum atomic E-state index is -0.480. The molecular formula is C56H36N2O. The Morgan fingerprint density at radius 1 is 0.441 bits per heavy atom. The van der Waals surface area contributed by atoms with Crippen LogP contribution < -0.4 is 4.90 Å². The number of para-hydroxylation sites is 2. The summed E-state index contributed by atoms with van der Waals surface area (Å²) in [6, 6.07) is 51.1. The quantitative estimate of drug-likeness (QED) is 0.168. The maximum atomic E-state index is 10.1. The summed E-state index contributed by atoms with van der Waals surface area (Å²) in [5, 5.41) is 6.71. The van der Waals surface area contributed by atoms with E-state index in [1.54, 1.807) is 18.2 Å². The predicted octanol–water partition coefficient (Wildman–Crippen LogP) is 15.8. The minimum absolute atomic E-state index is 0.0812. The third kappa shape index (κ3) is 5.44. The van der Waals surface area contributed by atoms with E-state index in [0.717, 1.165) is 49.0 Å². The Kier molecular flexibility index (Phi) is 5.92. The molecular weight excluding hydrogens is 717 g/mol. The number of rotatable bonds is 6. The van der Waals surface area contributed by atoms with Gasteiger partial charge in [-0.2, -0.15) is 0 Å². The molecule has 0 aliphatic carbocycles. The Hall–Kier alpha value is -7.88. The van der Waals surface area contributed by atoms with Crippen LogP contribution in [0.15, 0.2) is 223 Å². The van der Waals surface area contributed by atoms with Crippen molar-refractivity contribution in [1.82, 2.24) is 4.57 Å². The van der Waals surface area contributed by atoms with E-state index in [1.165, 1.54) is 4.90 Å². The van der Waals surface area contributed by atoms with Crippen LogP contribution >= 0.6 is 0 Å². The lowest BCUT2D eigenvalue weighted by molar-refractivity contribution is 0.672. The summed E-state index contributed by atoms with van der Waals surface area (Å²) in [7, 11) is 0. The third-order valence-corrected chi connectivity index (χ3v) is 11.3. The molecule has 12 rings (SSSR count). The zero-order chi connectivity index (χ0) is 45.8. The molecule has 0 fully saturated rings. The molecule has 0 unspecified atom stereocenters. The van der Waals surface area contributed by atoms with Gasteiger partial charge in [0, 0.05) is 38.6 Å². The Balaban J connectivity index is 1.16. The highest BCUT2D eigenvalue weighted by atomic mass is 16.3. The fraction of sp³-hybridized carbons (Fsp3) is 0. The molecule has 0 bridgehead atoms. The minimum Gasteiger partial charge on any atom is -0.455 e. The number of anilines is 3. The van der Waals surface area contributed by atoms with Crippen molar-refractivity contribution in [2.45, 2.75) is 0 Å². The first kappa shape index (κ1) is 26.1. The van der Waals surface area contributed by atoms with Crippen molar-refractivity contribution in [2.75, 3.05) is 4.90 Å². The van der Waals surface area contributed by atoms with E-state index in [4.69, 9.17) is 4.42 Å². The molecule has 0 spiro atoms. The standard InChI is InChI=1S/C56H36N2O/c1-2-16-44(17-3-1)58-51-21-9-8-20-48(51)50-36-43(29-33-52(50)58)41-15-10-18-46(35-41)57(45-30-26-38(27-31-45)42-25-24-37-12-4-5-14-40(37)34-42)53-22-11-23-54-55(53)49-32-28-39-13-6-7-19-47(39)56(49)59-54/h1-36H/i10D,15D,18D,26D,27D,30D,31D,35D. The van der Waals surface area contributed by atoms with Gasteiger partial charge in [0.1, 0.15) is 11.2 Å². The molecule has 2 aromatic heterocycles. The SMILES string of the molecule is [2H]c1c([2H])c(-c2ccc3c(c2)c2ccccc2n3-c2ccccc2)c([2H])c(N(c2c([2H])c([2H])c(-c3ccc4ccccc4c3)c([2H])c2[2H])c2cccc3oc4c5ccccc5ccc4c23)c1[2H]. The van der Waals surface area contributed by atoms with Gasteiger partial charge in [0.05, 0.1) is 33.1 Å². The van der Waals surface area contributed by atoms with Gasteiger partial charge < -0.3 is 13.9 Å². The fourth-order valence-electron chi connectivity index (χ4n) is 8.55. The Bertz CT molecular complexity index is 4020. The van der Waals surface area contributed by atoms with E-state index in [1.807, 2.05) is 152 Å². The molecule has 0 N–H and O–H groups in total. The van der Waals surface area contributed by atoms with Crippen molar-refractivity contribution < 1.29 is 15.4 Å². The molecule has 2 heterocycles. The molecule has 3 nitrogen and oxygen atoms in total. The molecule has 10 aromatic carbocycles. The number of fused-ring (bicyclic) bond motifs is 9. The van der Waals surface area contributed by atoms with Gasteiger partial charge in [-0.15, -0.1) is 0 Å². The molecule has 0 aliphatic rings. The zero-order valence-electron chi connectivity index (χ0n) is 39.5. The molecule has 0 atom stereocenters. The van der Waals surface area contributed by atoms with Crippen LogP contribution in [-0.4, -0.2) is 4.57 Å². The molecule has 0 saturated heterocycles. The fourth-order valence-corrected chi connectivity index (χ4v) is 8.55. The van der Waals surface area contributed by atoms with Gasteiger partial charge in [0.25, 0.3) is 0 Å². The van der Waals surface area contributed by atoms with Crippen molar-refractivity contribution in [1.29, 1.82) is 0 Å². The summed E-state index contributed by atoms with van der Waals surface area (Å²) in [6.07, 6.45) is 0. The average molecular weight is 761 g/mol. The summed E-state index contributed by atoms with van der Waals surface area (Å²) in [6.45, 7) is 0. The second kappa shape index (κ2) is 13.4. The van der Waals surface area contributed by atoms with Crippen molar-refractivity contribution in [3.8, 4) is 27.9 Å². The van der Waals surface area contributed by atoms with Crippen LogP contribution in [-0.2, 0) is 0 Å². The summed E-state index contributed by atoms with van der Waals surface area (Å²) < 4.78 is 86.0. The van der Waals surface area contributed by atoms with Crippen LogP contribution in [0.1, 0.15) is 11.0 Å². The average Bonchev–Trinajstić information content (AvgIpc) is 3.91. The first-order chi connectivity index (χ1) is 32.6. The highest BCUT2D eigenvalue weighted by Crippen LogP contribution is 2.45. The highest BCUT2D eigenvalue weighted by molar-refractivity contribution is 6.19. The van der Waals surface area contributed by atoms with Gasteiger partial charge >= 0.3 is 0 Å². The lowest BCUT2D eigenvalue weighted by Gasteiger charge is -2.27. The number of hydrogen-bond donors (Lipinski definition) is 0. The van der Waals surface area contributed by atoms with Crippen LogP contribution in [0.5, 0.6) is 0 Å². The first-order valence-electron chi connectivity index (χ1n) is 23.5. The number of nitrogens with zero attached hydrogens (tertiary/aromatic N) is 2. The van der Waals surface area contributed by atoms with Gasteiger partial charge in [-0.3, -0.25) is 0 Å². The van der Waals surface area contributed by atoms with Crippen LogP contribution in [0.2, 0.25) is 0 Å². The Morgan fingerprint density at radius 3 is 2.03 bits per heavy atom. The maximum Gasteiger partial charge on any atom is 0.143 e. The van der Waals surface area contributed by atoms with E-state index in [2.05, 4.69) is 4.57 Å². The molecule has 0 saturated carbocycles. The number of benzene rings is 10. The van der Waals surface area contributed by atoms with Crippen LogP contribution in [0.4, 0.5) is 17.1 Å². The molecule has 276 valence electrons. The van der Waals surface area contributed by atoms with Gasteiger partial charge in [0.2, 0.25) is 0 Å². The molecule has 0 radical (unpaired) electrons. The monoisotopic (exact) mass is 760 g/mol. The molecule has 59 heavy (non-hydrogen) atoms. The molecule has 12 aromatic rings. The van der Waals surface area contributed by atoms with Crippen molar-refractivity contribution in [2.24, 2.45) is 0 Å². The van der Waals surface area contributed by atoms with E-state index in [0.29, 0.717) is 38.8 Å². The summed E-state index contributed by atoms with van der Waals surface area (Å²) >= 11 is 0. The number of furan rings is 1. The molecule has 3 heteroatoms. The van der Waals surface area contributed by atoms with Gasteiger partial charge in [0.15, 0.2) is 0 Å². The number of aromatic nitrogens is 1. The third-order valence-electron chi connectivity index (χ3n) is 11.3. The van der Waals surface area contributed by atoms with Crippen molar-refractivity contribution in [3.63, 3.8) is 0 Å². The smallest absolute Gasteiger partial charge is 0.143 e. The Labute approximate surface area is 352 Å². The van der Waals surface area contributed by atoms with Crippen LogP contribution in [0.3, 0.4) is 0 Å². The second-order valence-corrected chi connectivity index (χ2v) is 14.7.